The van der Waals surface area contributed by atoms with E-state index >= 15 is 0 Å². The van der Waals surface area contributed by atoms with Gasteiger partial charge >= 0.3 is 0 Å². The van der Waals surface area contributed by atoms with Crippen LogP contribution in [-0.4, -0.2) is 5.91 Å². The molecule has 4 nitrogen and oxygen atoms in total. The van der Waals surface area contributed by atoms with Crippen LogP contribution in [0, 0.1) is 14.9 Å². The van der Waals surface area contributed by atoms with Crippen LogP contribution in [0.4, 0.5) is 5.69 Å². The summed E-state index contributed by atoms with van der Waals surface area (Å²) >= 11 is 14.3. The van der Waals surface area contributed by atoms with Crippen LogP contribution in [0.15, 0.2) is 72.3 Å². The maximum absolute atomic E-state index is 12.4. The third-order valence-electron chi connectivity index (χ3n) is 4.02. The zero-order valence-corrected chi connectivity index (χ0v) is 19.2. The molecule has 0 fully saturated rings. The van der Waals surface area contributed by atoms with Gasteiger partial charge in [0.25, 0.3) is 5.91 Å². The fraction of sp³-hybridized carbons (Fsp3) is 0.0435. The number of rotatable bonds is 6. The van der Waals surface area contributed by atoms with Gasteiger partial charge in [-0.15, -0.1) is 0 Å². The molecule has 7 heteroatoms. The molecule has 0 bridgehead atoms. The van der Waals surface area contributed by atoms with Crippen molar-refractivity contribution in [1.29, 1.82) is 5.26 Å². The lowest BCUT2D eigenvalue weighted by Crippen LogP contribution is -2.13. The van der Waals surface area contributed by atoms with Gasteiger partial charge in [0.05, 0.1) is 5.02 Å². The first-order valence-corrected chi connectivity index (χ1v) is 10.6. The van der Waals surface area contributed by atoms with Gasteiger partial charge in [-0.1, -0.05) is 47.5 Å². The normalized spacial score (nSPS) is 10.9. The van der Waals surface area contributed by atoms with Crippen molar-refractivity contribution in [2.24, 2.45) is 0 Å². The minimum atomic E-state index is -0.487. The van der Waals surface area contributed by atoms with Crippen LogP contribution in [-0.2, 0) is 11.4 Å². The summed E-state index contributed by atoms with van der Waals surface area (Å²) in [6, 6.07) is 21.7. The lowest BCUT2D eigenvalue weighted by molar-refractivity contribution is -0.112. The molecular weight excluding hydrogens is 534 g/mol. The van der Waals surface area contributed by atoms with Gasteiger partial charge in [-0.2, -0.15) is 5.26 Å². The Labute approximate surface area is 198 Å². The van der Waals surface area contributed by atoms with Crippen molar-refractivity contribution in [2.75, 3.05) is 5.32 Å². The summed E-state index contributed by atoms with van der Waals surface area (Å²) in [4.78, 5) is 12.4. The number of ether oxygens (including phenoxy) is 1. The number of halogens is 3. The standard InChI is InChI=1S/C23H15Cl2IN2O2/c24-18-7-4-15(5-8-18)14-30-22-9-6-16(11-21(22)25)10-17(13-27)23(29)28-20-3-1-2-19(26)12-20/h1-12H,14H2,(H,28,29)/b17-10+. The topological polar surface area (TPSA) is 62.1 Å². The number of nitriles is 1. The second-order valence-corrected chi connectivity index (χ2v) is 8.33. The maximum atomic E-state index is 12.4. The Bertz CT molecular complexity index is 1140. The van der Waals surface area contributed by atoms with Crippen molar-refractivity contribution in [3.8, 4) is 11.8 Å². The second kappa shape index (κ2) is 10.5. The van der Waals surface area contributed by atoms with Crippen molar-refractivity contribution in [1.82, 2.24) is 0 Å². The molecule has 0 saturated carbocycles. The lowest BCUT2D eigenvalue weighted by atomic mass is 10.1. The van der Waals surface area contributed by atoms with Crippen LogP contribution >= 0.6 is 45.8 Å². The van der Waals surface area contributed by atoms with Crippen LogP contribution in [0.25, 0.3) is 6.08 Å². The van der Waals surface area contributed by atoms with Gasteiger partial charge in [0, 0.05) is 14.3 Å². The molecule has 3 rings (SSSR count). The molecule has 0 radical (unpaired) electrons. The number of anilines is 1. The summed E-state index contributed by atoms with van der Waals surface area (Å²) in [6.07, 6.45) is 1.48. The molecule has 0 aromatic heterocycles. The number of nitrogens with one attached hydrogen (secondary N) is 1. The molecule has 30 heavy (non-hydrogen) atoms. The molecule has 1 amide bonds. The molecule has 0 saturated heterocycles. The van der Waals surface area contributed by atoms with E-state index in [2.05, 4.69) is 27.9 Å². The van der Waals surface area contributed by atoms with Crippen LogP contribution in [0.5, 0.6) is 5.75 Å². The highest BCUT2D eigenvalue weighted by atomic mass is 127. The van der Waals surface area contributed by atoms with Crippen LogP contribution < -0.4 is 10.1 Å². The summed E-state index contributed by atoms with van der Waals surface area (Å²) in [6.45, 7) is 0.341. The van der Waals surface area contributed by atoms with E-state index in [1.165, 1.54) is 6.08 Å². The van der Waals surface area contributed by atoms with E-state index in [9.17, 15) is 10.1 Å². The van der Waals surface area contributed by atoms with Crippen LogP contribution in [0.2, 0.25) is 10.0 Å². The number of amides is 1. The summed E-state index contributed by atoms with van der Waals surface area (Å²) in [5, 5.41) is 13.2. The monoisotopic (exact) mass is 548 g/mol. The van der Waals surface area contributed by atoms with Crippen molar-refractivity contribution in [3.05, 3.63) is 97.0 Å². The Hall–Kier alpha value is -2.53. The largest absolute Gasteiger partial charge is 0.487 e. The van der Waals surface area contributed by atoms with Crippen molar-refractivity contribution < 1.29 is 9.53 Å². The number of carbonyl (C=O) groups is 1. The molecule has 1 N–H and O–H groups in total. The van der Waals surface area contributed by atoms with Crippen LogP contribution in [0.1, 0.15) is 11.1 Å². The minimum Gasteiger partial charge on any atom is -0.487 e. The van der Waals surface area contributed by atoms with E-state index in [1.807, 2.05) is 36.4 Å². The smallest absolute Gasteiger partial charge is 0.266 e. The van der Waals surface area contributed by atoms with Gasteiger partial charge < -0.3 is 10.1 Å². The Morgan fingerprint density at radius 2 is 1.87 bits per heavy atom. The van der Waals surface area contributed by atoms with Gasteiger partial charge in [0.15, 0.2) is 0 Å². The van der Waals surface area contributed by atoms with Gasteiger partial charge in [0.2, 0.25) is 0 Å². The highest BCUT2D eigenvalue weighted by Gasteiger charge is 2.11. The van der Waals surface area contributed by atoms with Gasteiger partial charge in [-0.05, 0) is 82.3 Å². The minimum absolute atomic E-state index is 0.0280. The fourth-order valence-electron chi connectivity index (χ4n) is 2.55. The first-order chi connectivity index (χ1) is 14.4. The van der Waals surface area contributed by atoms with Gasteiger partial charge in [0.1, 0.15) is 24.0 Å². The third-order valence-corrected chi connectivity index (χ3v) is 5.24. The quantitative estimate of drug-likeness (QED) is 0.211. The van der Waals surface area contributed by atoms with Crippen molar-refractivity contribution in [2.45, 2.75) is 6.61 Å². The summed E-state index contributed by atoms with van der Waals surface area (Å²) < 4.78 is 6.73. The van der Waals surface area contributed by atoms with E-state index < -0.39 is 5.91 Å². The SMILES string of the molecule is N#C/C(=C\c1ccc(OCc2ccc(Cl)cc2)c(Cl)c1)C(=O)Nc1cccc(I)c1. The molecule has 150 valence electrons. The predicted octanol–water partition coefficient (Wildman–Crippen LogP) is 6.72. The van der Waals surface area contributed by atoms with E-state index in [0.29, 0.717) is 33.7 Å². The number of hydrogen-bond donors (Lipinski definition) is 1. The third kappa shape index (κ3) is 6.23. The molecule has 0 unspecified atom stereocenters. The zero-order chi connectivity index (χ0) is 21.5. The van der Waals surface area contributed by atoms with Crippen molar-refractivity contribution >= 4 is 63.5 Å². The number of benzene rings is 3. The number of hydrogen-bond acceptors (Lipinski definition) is 3. The first kappa shape index (κ1) is 22.2. The molecule has 0 aliphatic carbocycles. The van der Waals surface area contributed by atoms with Crippen molar-refractivity contribution in [3.63, 3.8) is 0 Å². The van der Waals surface area contributed by atoms with Crippen LogP contribution in [0.3, 0.4) is 0 Å². The summed E-state index contributed by atoms with van der Waals surface area (Å²) in [5.74, 6) is 0.0178. The zero-order valence-electron chi connectivity index (χ0n) is 15.5. The van der Waals surface area contributed by atoms with E-state index in [-0.39, 0.29) is 5.57 Å². The highest BCUT2D eigenvalue weighted by molar-refractivity contribution is 14.1. The van der Waals surface area contributed by atoms with E-state index in [1.54, 1.807) is 36.4 Å². The number of nitrogens with zero attached hydrogens (tertiary/aromatic N) is 1. The average molecular weight is 549 g/mol. The molecule has 0 atom stereocenters. The van der Waals surface area contributed by atoms with Gasteiger partial charge in [-0.3, -0.25) is 4.79 Å². The Morgan fingerprint density at radius 1 is 1.10 bits per heavy atom. The molecule has 0 heterocycles. The predicted molar refractivity (Wildman–Crippen MR) is 129 cm³/mol. The lowest BCUT2D eigenvalue weighted by Gasteiger charge is -2.09. The molecule has 3 aromatic carbocycles. The fourth-order valence-corrected chi connectivity index (χ4v) is 3.46. The summed E-state index contributed by atoms with van der Waals surface area (Å²) in [5.41, 5.74) is 2.17. The first-order valence-electron chi connectivity index (χ1n) is 8.80. The Morgan fingerprint density at radius 3 is 2.53 bits per heavy atom. The summed E-state index contributed by atoms with van der Waals surface area (Å²) in [7, 11) is 0. The van der Waals surface area contributed by atoms with E-state index in [0.717, 1.165) is 9.13 Å². The molecule has 3 aromatic rings. The second-order valence-electron chi connectivity index (χ2n) is 6.24. The highest BCUT2D eigenvalue weighted by Crippen LogP contribution is 2.27. The van der Waals surface area contributed by atoms with Gasteiger partial charge in [-0.25, -0.2) is 0 Å². The number of carbonyl (C=O) groups excluding carboxylic acids is 1. The molecule has 0 aliphatic heterocycles. The van der Waals surface area contributed by atoms with E-state index in [4.69, 9.17) is 27.9 Å². The molecule has 0 spiro atoms. The Kier molecular flexibility index (Phi) is 7.75. The Balaban J connectivity index is 1.70. The maximum Gasteiger partial charge on any atom is 0.266 e. The average Bonchev–Trinajstić information content (AvgIpc) is 2.72. The molecular formula is C23H15Cl2IN2O2. The molecule has 0 aliphatic rings.